The molecular formula is C20H24F3N4O3S+. The number of carbonyl (C=O) groups excluding carboxylic acids is 1. The maximum absolute atomic E-state index is 12.9. The lowest BCUT2D eigenvalue weighted by Gasteiger charge is -2.36. The number of primary sulfonamides is 1. The van der Waals surface area contributed by atoms with Crippen LogP contribution in [0, 0.1) is 0 Å². The number of hydrogen-bond donors (Lipinski definition) is 3. The molecule has 11 heteroatoms. The molecule has 1 aliphatic heterocycles. The number of hydrogen-bond acceptors (Lipinski definition) is 4. The number of nitrogens with one attached hydrogen (secondary N) is 2. The van der Waals surface area contributed by atoms with Crippen molar-refractivity contribution in [3.8, 4) is 0 Å². The molecule has 2 aromatic carbocycles. The molecule has 0 spiro atoms. The highest BCUT2D eigenvalue weighted by atomic mass is 32.2. The first-order chi connectivity index (χ1) is 14.4. The number of halogens is 3. The number of nitrogens with zero attached hydrogens (tertiary/aromatic N) is 1. The van der Waals surface area contributed by atoms with Crippen LogP contribution in [0.2, 0.25) is 0 Å². The summed E-state index contributed by atoms with van der Waals surface area (Å²) in [4.78, 5) is 15.4. The van der Waals surface area contributed by atoms with Crippen LogP contribution in [0.5, 0.6) is 0 Å². The number of piperazine rings is 1. The lowest BCUT2D eigenvalue weighted by atomic mass is 10.1. The zero-order valence-corrected chi connectivity index (χ0v) is 17.6. The largest absolute Gasteiger partial charge is 0.416 e. The maximum atomic E-state index is 12.9. The number of amides is 1. The van der Waals surface area contributed by atoms with Crippen molar-refractivity contribution in [3.63, 3.8) is 0 Å². The molecule has 1 saturated heterocycles. The number of benzene rings is 2. The fraction of sp³-hybridized carbons (Fsp3) is 0.350. The minimum absolute atomic E-state index is 0.0464. The first-order valence-electron chi connectivity index (χ1n) is 9.65. The van der Waals surface area contributed by atoms with Crippen molar-refractivity contribution in [2.45, 2.75) is 24.0 Å². The first kappa shape index (κ1) is 23.0. The Morgan fingerprint density at radius 1 is 1.13 bits per heavy atom. The van der Waals surface area contributed by atoms with Crippen LogP contribution in [0.25, 0.3) is 0 Å². The Morgan fingerprint density at radius 2 is 1.74 bits per heavy atom. The van der Waals surface area contributed by atoms with Gasteiger partial charge in [0.15, 0.2) is 6.04 Å². The Kier molecular flexibility index (Phi) is 6.58. The van der Waals surface area contributed by atoms with Crippen LogP contribution < -0.4 is 20.3 Å². The smallest absolute Gasteiger partial charge is 0.360 e. The molecular weight excluding hydrogens is 433 g/mol. The summed E-state index contributed by atoms with van der Waals surface area (Å²) in [5, 5.41) is 7.81. The van der Waals surface area contributed by atoms with E-state index in [-0.39, 0.29) is 16.8 Å². The maximum Gasteiger partial charge on any atom is 0.416 e. The monoisotopic (exact) mass is 457 g/mol. The fourth-order valence-corrected chi connectivity index (χ4v) is 4.04. The number of quaternary nitrogens is 1. The number of sulfonamides is 1. The van der Waals surface area contributed by atoms with E-state index in [1.54, 1.807) is 13.0 Å². The van der Waals surface area contributed by atoms with Crippen molar-refractivity contribution in [1.82, 2.24) is 0 Å². The molecule has 0 unspecified atom stereocenters. The van der Waals surface area contributed by atoms with Crippen molar-refractivity contribution in [1.29, 1.82) is 0 Å². The topological polar surface area (TPSA) is 96.9 Å². The van der Waals surface area contributed by atoms with Crippen LogP contribution in [0.4, 0.5) is 24.5 Å². The molecule has 1 fully saturated rings. The van der Waals surface area contributed by atoms with E-state index >= 15 is 0 Å². The van der Waals surface area contributed by atoms with E-state index in [0.29, 0.717) is 37.6 Å². The second-order valence-electron chi connectivity index (χ2n) is 7.47. The Hall–Kier alpha value is -2.63. The molecule has 7 nitrogen and oxygen atoms in total. The summed E-state index contributed by atoms with van der Waals surface area (Å²) in [7, 11) is -3.80. The number of nitrogens with two attached hydrogens (primary N) is 1. The van der Waals surface area contributed by atoms with Crippen molar-refractivity contribution >= 4 is 27.3 Å². The van der Waals surface area contributed by atoms with Gasteiger partial charge in [-0.3, -0.25) is 4.79 Å². The van der Waals surface area contributed by atoms with Gasteiger partial charge >= 0.3 is 6.18 Å². The predicted octanol–water partition coefficient (Wildman–Crippen LogP) is 1.08. The second-order valence-corrected chi connectivity index (χ2v) is 9.04. The van der Waals surface area contributed by atoms with Gasteiger partial charge in [-0.2, -0.15) is 13.2 Å². The van der Waals surface area contributed by atoms with Crippen molar-refractivity contribution < 1.29 is 31.3 Å². The molecule has 0 aliphatic carbocycles. The molecule has 0 aromatic heterocycles. The summed E-state index contributed by atoms with van der Waals surface area (Å²) in [6.07, 6.45) is -4.39. The van der Waals surface area contributed by atoms with Gasteiger partial charge in [0, 0.05) is 11.4 Å². The lowest BCUT2D eigenvalue weighted by Crippen LogP contribution is -3.19. The number of alkyl halides is 3. The number of carbonyl (C=O) groups is 1. The van der Waals surface area contributed by atoms with Gasteiger partial charge in [-0.15, -0.1) is 0 Å². The van der Waals surface area contributed by atoms with Gasteiger partial charge in [-0.25, -0.2) is 13.6 Å². The van der Waals surface area contributed by atoms with Gasteiger partial charge in [0.05, 0.1) is 36.6 Å². The van der Waals surface area contributed by atoms with Crippen molar-refractivity contribution in [2.24, 2.45) is 5.14 Å². The van der Waals surface area contributed by atoms with Crippen LogP contribution in [-0.4, -0.2) is 46.5 Å². The van der Waals surface area contributed by atoms with Gasteiger partial charge in [-0.05, 0) is 49.4 Å². The van der Waals surface area contributed by atoms with Gasteiger partial charge in [0.1, 0.15) is 0 Å². The summed E-state index contributed by atoms with van der Waals surface area (Å²) >= 11 is 0. The summed E-state index contributed by atoms with van der Waals surface area (Å²) < 4.78 is 61.5. The molecule has 1 heterocycles. The average molecular weight is 457 g/mol. The summed E-state index contributed by atoms with van der Waals surface area (Å²) in [6, 6.07) is 10.4. The molecule has 1 aliphatic rings. The first-order valence-corrected chi connectivity index (χ1v) is 11.2. The SMILES string of the molecule is C[C@H](C(=O)Nc1ccc(S(N)(=O)=O)cc1)[NH+]1CCN(c2cccc(C(F)(F)F)c2)CC1. The zero-order valence-electron chi connectivity index (χ0n) is 16.8. The van der Waals surface area contributed by atoms with E-state index in [1.165, 1.54) is 30.3 Å². The Labute approximate surface area is 178 Å². The average Bonchev–Trinajstić information content (AvgIpc) is 2.72. The molecule has 3 rings (SSSR count). The molecule has 1 amide bonds. The third-order valence-electron chi connectivity index (χ3n) is 5.40. The fourth-order valence-electron chi connectivity index (χ4n) is 3.53. The standard InChI is InChI=1S/C20H23F3N4O3S/c1-14(19(28)25-16-5-7-18(8-6-16)31(24,29)30)26-9-11-27(12-10-26)17-4-2-3-15(13-17)20(21,22)23/h2-8,13-14H,9-12H2,1H3,(H,25,28)(H2,24,29,30)/p+1/t14-/m1/s1. The number of anilines is 2. The van der Waals surface area contributed by atoms with E-state index in [1.807, 2.05) is 4.90 Å². The van der Waals surface area contributed by atoms with Crippen LogP contribution in [0.15, 0.2) is 53.4 Å². The molecule has 0 bridgehead atoms. The van der Waals surface area contributed by atoms with Crippen LogP contribution in [-0.2, 0) is 21.0 Å². The normalized spacial score (nSPS) is 16.7. The highest BCUT2D eigenvalue weighted by Crippen LogP contribution is 2.31. The van der Waals surface area contributed by atoms with Crippen LogP contribution in [0.1, 0.15) is 12.5 Å². The van der Waals surface area contributed by atoms with Crippen molar-refractivity contribution in [2.75, 3.05) is 36.4 Å². The molecule has 4 N–H and O–H groups in total. The summed E-state index contributed by atoms with van der Waals surface area (Å²) in [5.41, 5.74) is 0.285. The third-order valence-corrected chi connectivity index (χ3v) is 6.33. The lowest BCUT2D eigenvalue weighted by molar-refractivity contribution is -0.914. The Balaban J connectivity index is 1.57. The van der Waals surface area contributed by atoms with Crippen molar-refractivity contribution in [3.05, 3.63) is 54.1 Å². The zero-order chi connectivity index (χ0) is 22.8. The quantitative estimate of drug-likeness (QED) is 0.626. The highest BCUT2D eigenvalue weighted by molar-refractivity contribution is 7.89. The van der Waals surface area contributed by atoms with Gasteiger partial charge < -0.3 is 15.1 Å². The third kappa shape index (κ3) is 5.75. The molecule has 0 saturated carbocycles. The number of rotatable bonds is 5. The summed E-state index contributed by atoms with van der Waals surface area (Å²) in [5.74, 6) is -0.231. The molecule has 2 aromatic rings. The highest BCUT2D eigenvalue weighted by Gasteiger charge is 2.32. The van der Waals surface area contributed by atoms with E-state index in [2.05, 4.69) is 5.32 Å². The Morgan fingerprint density at radius 3 is 2.29 bits per heavy atom. The van der Waals surface area contributed by atoms with Crippen LogP contribution >= 0.6 is 0 Å². The van der Waals surface area contributed by atoms with E-state index < -0.39 is 21.8 Å². The predicted molar refractivity (Wildman–Crippen MR) is 110 cm³/mol. The molecule has 0 radical (unpaired) electrons. The van der Waals surface area contributed by atoms with Gasteiger partial charge in [-0.1, -0.05) is 6.07 Å². The van der Waals surface area contributed by atoms with E-state index in [0.717, 1.165) is 17.0 Å². The molecule has 31 heavy (non-hydrogen) atoms. The minimum atomic E-state index is -4.39. The van der Waals surface area contributed by atoms with E-state index in [9.17, 15) is 26.4 Å². The Bertz CT molecular complexity index is 1030. The van der Waals surface area contributed by atoms with Crippen LogP contribution in [0.3, 0.4) is 0 Å². The molecule has 168 valence electrons. The second kappa shape index (κ2) is 8.85. The van der Waals surface area contributed by atoms with E-state index in [4.69, 9.17) is 5.14 Å². The minimum Gasteiger partial charge on any atom is -0.360 e. The van der Waals surface area contributed by atoms with Gasteiger partial charge in [0.2, 0.25) is 10.0 Å². The molecule has 1 atom stereocenters. The summed E-state index contributed by atoms with van der Waals surface area (Å²) in [6.45, 7) is 4.02. The van der Waals surface area contributed by atoms with Gasteiger partial charge in [0.25, 0.3) is 5.91 Å².